The first-order chi connectivity index (χ1) is 29.0. The van der Waals surface area contributed by atoms with Crippen LogP contribution in [-0.2, 0) is 37.3 Å². The molecule has 2 fully saturated rings. The van der Waals surface area contributed by atoms with Crippen LogP contribution < -0.4 is 15.7 Å². The van der Waals surface area contributed by atoms with Gasteiger partial charge < -0.3 is 29.8 Å². The molecule has 0 aliphatic carbocycles. The van der Waals surface area contributed by atoms with Crippen molar-refractivity contribution < 1.29 is 27.8 Å². The Morgan fingerprint density at radius 3 is 2.20 bits per heavy atom. The second-order valence-corrected chi connectivity index (χ2v) is 17.7. The van der Waals surface area contributed by atoms with Gasteiger partial charge in [-0.05, 0) is 79.3 Å². The lowest BCUT2D eigenvalue weighted by molar-refractivity contribution is -0.276. The lowest BCUT2D eigenvalue weighted by Crippen LogP contribution is -2.47. The van der Waals surface area contributed by atoms with Crippen LogP contribution in [0.4, 0.5) is 5.69 Å². The van der Waals surface area contributed by atoms with Gasteiger partial charge in [0.25, 0.3) is 0 Å². The Morgan fingerprint density at radius 2 is 1.50 bits per heavy atom. The summed E-state index contributed by atoms with van der Waals surface area (Å²) in [5.41, 5.74) is 6.50. The van der Waals surface area contributed by atoms with Crippen LogP contribution in [0.1, 0.15) is 66.0 Å². The summed E-state index contributed by atoms with van der Waals surface area (Å²) in [6.45, 7) is 6.27. The van der Waals surface area contributed by atoms with Gasteiger partial charge in [-0.15, -0.1) is 0 Å². The maximum atomic E-state index is 13.8. The number of nitrogens with one attached hydrogen (secondary N) is 3. The standard InChI is InChI=1S/C47H51N5O7S/c1-31-12-22-39(23-13-31)60(56,57)50-41(28-33-8-4-3-5-9-33)45(54)48-37-20-18-36(19-21-37)46-58-43(32(2)44(59-46)35-16-14-34(30-53)15-17-35)29-51-26-24-38(25-27-51)52-42-11-7-6-10-40(42)49-47(52)55/h3-23,32,38,41,43-44,46,50,53H,24-30H2,1-2H3,(H,48,54)(H,49,55). The molecule has 0 radical (unpaired) electrons. The molecule has 60 heavy (non-hydrogen) atoms. The predicted octanol–water partition coefficient (Wildman–Crippen LogP) is 6.79. The number of ether oxygens (including phenoxy) is 2. The van der Waals surface area contributed by atoms with E-state index in [1.807, 2.05) is 102 Å². The summed E-state index contributed by atoms with van der Waals surface area (Å²) in [4.78, 5) is 32.2. The number of aliphatic hydroxyl groups is 1. The minimum absolute atomic E-state index is 0.0148. The number of fused-ring (bicyclic) bond motifs is 1. The van der Waals surface area contributed by atoms with Crippen LogP contribution >= 0.6 is 0 Å². The van der Waals surface area contributed by atoms with Crippen LogP contribution in [0.25, 0.3) is 11.0 Å². The summed E-state index contributed by atoms with van der Waals surface area (Å²) < 4.78 is 44.9. The average molecular weight is 830 g/mol. The third kappa shape index (κ3) is 9.31. The highest BCUT2D eigenvalue weighted by atomic mass is 32.2. The van der Waals surface area contributed by atoms with E-state index in [4.69, 9.17) is 9.47 Å². The van der Waals surface area contributed by atoms with Gasteiger partial charge in [0.2, 0.25) is 15.9 Å². The van der Waals surface area contributed by atoms with Gasteiger partial charge in [0, 0.05) is 42.8 Å². The fraction of sp³-hybridized carbons (Fsp3) is 0.319. The van der Waals surface area contributed by atoms with Crippen molar-refractivity contribution in [1.29, 1.82) is 0 Å². The predicted molar refractivity (Wildman–Crippen MR) is 231 cm³/mol. The molecule has 2 saturated heterocycles. The van der Waals surface area contributed by atoms with Gasteiger partial charge in [-0.2, -0.15) is 4.72 Å². The number of aliphatic hydroxyl groups excluding tert-OH is 1. The van der Waals surface area contributed by atoms with E-state index in [9.17, 15) is 23.1 Å². The third-order valence-electron chi connectivity index (χ3n) is 11.8. The van der Waals surface area contributed by atoms with E-state index in [2.05, 4.69) is 26.8 Å². The minimum atomic E-state index is -4.01. The van der Waals surface area contributed by atoms with E-state index < -0.39 is 28.3 Å². The Kier molecular flexibility index (Phi) is 12.4. The molecule has 3 heterocycles. The monoisotopic (exact) mass is 829 g/mol. The molecule has 8 rings (SSSR count). The summed E-state index contributed by atoms with van der Waals surface area (Å²) in [5, 5.41) is 12.6. The molecule has 0 saturated carbocycles. The number of piperidine rings is 1. The second-order valence-electron chi connectivity index (χ2n) is 16.0. The molecule has 12 nitrogen and oxygen atoms in total. The van der Waals surface area contributed by atoms with Crippen molar-refractivity contribution in [1.82, 2.24) is 19.2 Å². The van der Waals surface area contributed by atoms with Crippen LogP contribution in [0.2, 0.25) is 0 Å². The number of hydrogen-bond acceptors (Lipinski definition) is 8. The number of benzene rings is 5. The van der Waals surface area contributed by atoms with E-state index in [0.717, 1.165) is 64.8 Å². The van der Waals surface area contributed by atoms with E-state index in [-0.39, 0.29) is 47.8 Å². The van der Waals surface area contributed by atoms with E-state index in [1.54, 1.807) is 24.3 Å². The number of amides is 1. The average Bonchev–Trinajstić information content (AvgIpc) is 3.60. The molecule has 6 aromatic rings. The Balaban J connectivity index is 0.978. The molecule has 2 aliphatic rings. The Morgan fingerprint density at radius 1 is 0.833 bits per heavy atom. The topological polar surface area (TPSA) is 155 Å². The summed E-state index contributed by atoms with van der Waals surface area (Å²) in [6.07, 6.45) is 0.609. The van der Waals surface area contributed by atoms with Crippen molar-refractivity contribution in [2.45, 2.75) is 75.2 Å². The highest BCUT2D eigenvalue weighted by molar-refractivity contribution is 7.89. The molecular weight excluding hydrogens is 779 g/mol. The summed E-state index contributed by atoms with van der Waals surface area (Å²) in [6, 6.07) is 37.7. The van der Waals surface area contributed by atoms with Gasteiger partial charge in [0.15, 0.2) is 6.29 Å². The van der Waals surface area contributed by atoms with Crippen molar-refractivity contribution in [3.8, 4) is 0 Å². The fourth-order valence-electron chi connectivity index (χ4n) is 8.34. The van der Waals surface area contributed by atoms with Crippen molar-refractivity contribution in [2.75, 3.05) is 25.0 Å². The molecule has 0 bridgehead atoms. The number of carbonyl (C=O) groups excluding carboxylic acids is 1. The zero-order chi connectivity index (χ0) is 41.8. The summed E-state index contributed by atoms with van der Waals surface area (Å²) in [5.74, 6) is -0.509. The Bertz CT molecular complexity index is 2550. The van der Waals surface area contributed by atoms with Gasteiger partial charge in [0.05, 0.1) is 34.7 Å². The van der Waals surface area contributed by atoms with Gasteiger partial charge in [0.1, 0.15) is 6.04 Å². The number of H-pyrrole nitrogens is 1. The lowest BCUT2D eigenvalue weighted by Gasteiger charge is -2.44. The third-order valence-corrected chi connectivity index (χ3v) is 13.3. The number of carbonyl (C=O) groups is 1. The molecule has 4 N–H and O–H groups in total. The number of aromatic nitrogens is 2. The molecule has 5 unspecified atom stereocenters. The fourth-order valence-corrected chi connectivity index (χ4v) is 9.54. The molecule has 312 valence electrons. The number of nitrogens with zero attached hydrogens (tertiary/aromatic N) is 2. The highest BCUT2D eigenvalue weighted by Gasteiger charge is 2.40. The number of rotatable bonds is 13. The quantitative estimate of drug-likeness (QED) is 0.0993. The number of para-hydroxylation sites is 2. The molecule has 1 aromatic heterocycles. The maximum Gasteiger partial charge on any atom is 0.326 e. The van der Waals surface area contributed by atoms with Gasteiger partial charge in [-0.3, -0.25) is 9.36 Å². The van der Waals surface area contributed by atoms with Crippen LogP contribution in [0.5, 0.6) is 0 Å². The molecule has 0 spiro atoms. The Hall–Kier alpha value is -5.41. The molecule has 5 atom stereocenters. The summed E-state index contributed by atoms with van der Waals surface area (Å²) in [7, 11) is -4.01. The smallest absolute Gasteiger partial charge is 0.326 e. The molecule has 2 aliphatic heterocycles. The van der Waals surface area contributed by atoms with Crippen LogP contribution in [0.3, 0.4) is 0 Å². The highest BCUT2D eigenvalue weighted by Crippen LogP contribution is 2.42. The van der Waals surface area contributed by atoms with E-state index >= 15 is 0 Å². The van der Waals surface area contributed by atoms with Gasteiger partial charge >= 0.3 is 5.69 Å². The number of aryl methyl sites for hydroxylation is 1. The SMILES string of the molecule is Cc1ccc(S(=O)(=O)NC(Cc2ccccc2)C(=O)Nc2ccc(C3OC(CN4CCC(n5c(=O)[nH]c6ccccc65)CC4)C(C)C(c4ccc(CO)cc4)O3)cc2)cc1. The van der Waals surface area contributed by atoms with Gasteiger partial charge in [-0.25, -0.2) is 13.2 Å². The van der Waals surface area contributed by atoms with Crippen molar-refractivity contribution in [3.63, 3.8) is 0 Å². The first-order valence-electron chi connectivity index (χ1n) is 20.5. The van der Waals surface area contributed by atoms with Crippen molar-refractivity contribution >= 4 is 32.7 Å². The van der Waals surface area contributed by atoms with Crippen molar-refractivity contribution in [2.24, 2.45) is 5.92 Å². The lowest BCUT2D eigenvalue weighted by atomic mass is 9.89. The van der Waals surface area contributed by atoms with Crippen LogP contribution in [0.15, 0.2) is 137 Å². The molecular formula is C47H51N5O7S. The molecule has 5 aromatic carbocycles. The van der Waals surface area contributed by atoms with Crippen LogP contribution in [0, 0.1) is 12.8 Å². The largest absolute Gasteiger partial charge is 0.392 e. The van der Waals surface area contributed by atoms with Crippen molar-refractivity contribution in [3.05, 3.63) is 166 Å². The number of aromatic amines is 1. The number of likely N-dealkylation sites (tertiary alicyclic amines) is 1. The Labute approximate surface area is 350 Å². The molecule has 13 heteroatoms. The first-order valence-corrected chi connectivity index (χ1v) is 22.0. The van der Waals surface area contributed by atoms with Gasteiger partial charge in [-0.1, -0.05) is 103 Å². The normalized spacial score (nSPS) is 20.9. The minimum Gasteiger partial charge on any atom is -0.392 e. The van der Waals surface area contributed by atoms with E-state index in [0.29, 0.717) is 12.2 Å². The number of hydrogen-bond donors (Lipinski definition) is 4. The van der Waals surface area contributed by atoms with E-state index in [1.165, 1.54) is 12.1 Å². The number of sulfonamides is 1. The maximum absolute atomic E-state index is 13.8. The van der Waals surface area contributed by atoms with Crippen LogP contribution in [-0.4, -0.2) is 65.7 Å². The number of imidazole rings is 1. The zero-order valence-electron chi connectivity index (χ0n) is 33.7. The number of anilines is 1. The summed E-state index contributed by atoms with van der Waals surface area (Å²) >= 11 is 0. The molecule has 1 amide bonds. The first kappa shape index (κ1) is 41.3. The second kappa shape index (κ2) is 18.1. The zero-order valence-corrected chi connectivity index (χ0v) is 34.6.